The van der Waals surface area contributed by atoms with Crippen molar-refractivity contribution in [3.05, 3.63) is 46.9 Å². The molecule has 2 aromatic carbocycles. The van der Waals surface area contributed by atoms with Crippen LogP contribution in [-0.2, 0) is 9.59 Å². The maximum atomic E-state index is 13.1. The van der Waals surface area contributed by atoms with Crippen LogP contribution in [0.4, 0.5) is 5.69 Å². The Morgan fingerprint density at radius 1 is 1.26 bits per heavy atom. The zero-order valence-corrected chi connectivity index (χ0v) is 18.0. The number of aliphatic carboxylic acids is 1. The van der Waals surface area contributed by atoms with Crippen LogP contribution in [0, 0.1) is 0 Å². The Bertz CT molecular complexity index is 1100. The first-order valence-electron chi connectivity index (χ1n) is 9.26. The summed E-state index contributed by atoms with van der Waals surface area (Å²) in [5, 5.41) is 8.99. The van der Waals surface area contributed by atoms with Gasteiger partial charge < -0.3 is 24.1 Å². The molecule has 2 heterocycles. The number of ether oxygens (including phenoxy) is 4. The summed E-state index contributed by atoms with van der Waals surface area (Å²) in [7, 11) is 0. The molecule has 2 aromatic rings. The molecule has 1 saturated heterocycles. The van der Waals surface area contributed by atoms with Crippen molar-refractivity contribution in [2.45, 2.75) is 6.92 Å². The largest absolute Gasteiger partial charge is 0.490 e. The van der Waals surface area contributed by atoms with Gasteiger partial charge in [0.05, 0.1) is 17.2 Å². The number of carbonyl (C=O) groups excluding carboxylic acids is 1. The number of carboxylic acid groups (broad SMARTS) is 1. The second-order valence-corrected chi connectivity index (χ2v) is 8.02. The fourth-order valence-corrected chi connectivity index (χ4v) is 4.35. The Hall–Kier alpha value is -3.24. The van der Waals surface area contributed by atoms with Crippen molar-refractivity contribution in [1.29, 1.82) is 0 Å². The molecular weight excluding hydrogens is 442 g/mol. The number of para-hydroxylation sites is 1. The van der Waals surface area contributed by atoms with E-state index in [0.717, 1.165) is 11.8 Å². The minimum atomic E-state index is -1.12. The fraction of sp³-hybridized carbons (Fsp3) is 0.190. The van der Waals surface area contributed by atoms with Gasteiger partial charge in [0, 0.05) is 11.6 Å². The minimum absolute atomic E-state index is 0.131. The molecular formula is C21H17NO7S2. The Balaban J connectivity index is 1.66. The van der Waals surface area contributed by atoms with E-state index in [0.29, 0.717) is 44.3 Å². The number of thiocarbonyl (C=S) groups is 1. The number of hydrogen-bond donors (Lipinski definition) is 1. The molecule has 0 spiro atoms. The third-order valence-electron chi connectivity index (χ3n) is 4.34. The second kappa shape index (κ2) is 8.86. The van der Waals surface area contributed by atoms with Gasteiger partial charge in [-0.25, -0.2) is 4.79 Å². The van der Waals surface area contributed by atoms with E-state index in [4.69, 9.17) is 36.3 Å². The number of amides is 1. The lowest BCUT2D eigenvalue weighted by Crippen LogP contribution is -2.27. The van der Waals surface area contributed by atoms with Gasteiger partial charge in [-0.3, -0.25) is 9.69 Å². The SMILES string of the molecule is CCOc1cccc(/C=C2\SC(=S)N(c3ccc4c(c3)OCO4)C2=O)c1OCC(=O)O. The molecule has 1 fully saturated rings. The first-order valence-corrected chi connectivity index (χ1v) is 10.5. The van der Waals surface area contributed by atoms with Gasteiger partial charge in [-0.2, -0.15) is 0 Å². The average Bonchev–Trinajstić information content (AvgIpc) is 3.31. The van der Waals surface area contributed by atoms with Crippen molar-refractivity contribution in [2.75, 3.05) is 24.9 Å². The lowest BCUT2D eigenvalue weighted by Gasteiger charge is -2.15. The van der Waals surface area contributed by atoms with E-state index in [9.17, 15) is 9.59 Å². The topological polar surface area (TPSA) is 94.5 Å². The average molecular weight is 460 g/mol. The van der Waals surface area contributed by atoms with Crippen molar-refractivity contribution < 1.29 is 33.6 Å². The highest BCUT2D eigenvalue weighted by molar-refractivity contribution is 8.27. The number of carboxylic acids is 1. The third kappa shape index (κ3) is 4.30. The number of nitrogens with zero attached hydrogens (tertiary/aromatic N) is 1. The van der Waals surface area contributed by atoms with E-state index < -0.39 is 12.6 Å². The summed E-state index contributed by atoms with van der Waals surface area (Å²) >= 11 is 6.57. The monoisotopic (exact) mass is 459 g/mol. The maximum Gasteiger partial charge on any atom is 0.341 e. The van der Waals surface area contributed by atoms with Crippen LogP contribution >= 0.6 is 24.0 Å². The van der Waals surface area contributed by atoms with E-state index in [2.05, 4.69) is 0 Å². The van der Waals surface area contributed by atoms with Gasteiger partial charge >= 0.3 is 5.97 Å². The van der Waals surface area contributed by atoms with Crippen LogP contribution in [0.5, 0.6) is 23.0 Å². The Morgan fingerprint density at radius 2 is 2.06 bits per heavy atom. The van der Waals surface area contributed by atoms with E-state index in [-0.39, 0.29) is 18.4 Å². The van der Waals surface area contributed by atoms with Gasteiger partial charge in [0.1, 0.15) is 0 Å². The van der Waals surface area contributed by atoms with Crippen LogP contribution in [0.1, 0.15) is 12.5 Å². The van der Waals surface area contributed by atoms with Gasteiger partial charge in [-0.05, 0) is 31.2 Å². The smallest absolute Gasteiger partial charge is 0.341 e. The predicted molar refractivity (Wildman–Crippen MR) is 119 cm³/mol. The standard InChI is InChI=1S/C21H17NO7S2/c1-2-26-15-5-3-4-12(19(15)27-10-18(23)24)8-17-20(25)22(21(30)31-17)13-6-7-14-16(9-13)29-11-28-14/h3-9H,2,10-11H2,1H3,(H,23,24)/b17-8-. The molecule has 4 rings (SSSR count). The van der Waals surface area contributed by atoms with E-state index in [1.165, 1.54) is 4.90 Å². The lowest BCUT2D eigenvalue weighted by atomic mass is 10.1. The molecule has 160 valence electrons. The molecule has 0 radical (unpaired) electrons. The molecule has 10 heteroatoms. The van der Waals surface area contributed by atoms with Crippen LogP contribution in [0.25, 0.3) is 6.08 Å². The molecule has 2 aliphatic heterocycles. The molecule has 0 unspecified atom stereocenters. The summed E-state index contributed by atoms with van der Waals surface area (Å²) in [6.45, 7) is 1.78. The van der Waals surface area contributed by atoms with Crippen LogP contribution < -0.4 is 23.8 Å². The summed E-state index contributed by atoms with van der Waals surface area (Å²) in [5.74, 6) is 0.372. The third-order valence-corrected chi connectivity index (χ3v) is 5.65. The molecule has 1 N–H and O–H groups in total. The quantitative estimate of drug-likeness (QED) is 0.491. The Kier molecular flexibility index (Phi) is 6.01. The molecule has 0 atom stereocenters. The number of carbonyl (C=O) groups is 2. The van der Waals surface area contributed by atoms with Crippen molar-refractivity contribution in [3.63, 3.8) is 0 Å². The highest BCUT2D eigenvalue weighted by atomic mass is 32.2. The number of thioether (sulfide) groups is 1. The Labute approximate surface area is 187 Å². The number of rotatable bonds is 7. The highest BCUT2D eigenvalue weighted by Gasteiger charge is 2.34. The van der Waals surface area contributed by atoms with E-state index in [1.807, 2.05) is 6.92 Å². The normalized spacial score (nSPS) is 16.2. The van der Waals surface area contributed by atoms with Crippen LogP contribution in [0.2, 0.25) is 0 Å². The first kappa shape index (κ1) is 21.0. The summed E-state index contributed by atoms with van der Waals surface area (Å²) in [4.78, 5) is 25.9. The lowest BCUT2D eigenvalue weighted by molar-refractivity contribution is -0.139. The van der Waals surface area contributed by atoms with Gasteiger partial charge in [-0.1, -0.05) is 36.1 Å². The number of hydrogen-bond acceptors (Lipinski definition) is 8. The molecule has 8 nitrogen and oxygen atoms in total. The van der Waals surface area contributed by atoms with Crippen molar-refractivity contribution in [1.82, 2.24) is 0 Å². The van der Waals surface area contributed by atoms with Crippen LogP contribution in [0.15, 0.2) is 41.3 Å². The summed E-state index contributed by atoms with van der Waals surface area (Å²) in [6.07, 6.45) is 1.62. The van der Waals surface area contributed by atoms with Crippen molar-refractivity contribution in [3.8, 4) is 23.0 Å². The summed E-state index contributed by atoms with van der Waals surface area (Å²) in [6, 6.07) is 10.3. The predicted octanol–water partition coefficient (Wildman–Crippen LogP) is 3.68. The number of benzene rings is 2. The van der Waals surface area contributed by atoms with Gasteiger partial charge in [0.25, 0.3) is 5.91 Å². The molecule has 0 aromatic heterocycles. The van der Waals surface area contributed by atoms with Gasteiger partial charge in [0.2, 0.25) is 6.79 Å². The zero-order valence-electron chi connectivity index (χ0n) is 16.3. The fourth-order valence-electron chi connectivity index (χ4n) is 3.06. The highest BCUT2D eigenvalue weighted by Crippen LogP contribution is 2.42. The van der Waals surface area contributed by atoms with E-state index >= 15 is 0 Å². The molecule has 1 amide bonds. The molecule has 0 aliphatic carbocycles. The van der Waals surface area contributed by atoms with Crippen molar-refractivity contribution >= 4 is 51.9 Å². The minimum Gasteiger partial charge on any atom is -0.490 e. The second-order valence-electron chi connectivity index (χ2n) is 6.34. The Morgan fingerprint density at radius 3 is 2.84 bits per heavy atom. The van der Waals surface area contributed by atoms with E-state index in [1.54, 1.807) is 42.5 Å². The molecule has 2 aliphatic rings. The first-order chi connectivity index (χ1) is 15.0. The molecule has 0 saturated carbocycles. The number of fused-ring (bicyclic) bond motifs is 1. The van der Waals surface area contributed by atoms with Crippen LogP contribution in [0.3, 0.4) is 0 Å². The maximum absolute atomic E-state index is 13.1. The number of anilines is 1. The summed E-state index contributed by atoms with van der Waals surface area (Å²) < 4.78 is 22.1. The summed E-state index contributed by atoms with van der Waals surface area (Å²) in [5.41, 5.74) is 1.08. The molecule has 0 bridgehead atoms. The van der Waals surface area contributed by atoms with Crippen molar-refractivity contribution in [2.24, 2.45) is 0 Å². The van der Waals surface area contributed by atoms with Gasteiger partial charge in [0.15, 0.2) is 33.9 Å². The zero-order chi connectivity index (χ0) is 22.0. The van der Waals surface area contributed by atoms with Gasteiger partial charge in [-0.15, -0.1) is 0 Å². The molecule has 31 heavy (non-hydrogen) atoms. The van der Waals surface area contributed by atoms with Crippen LogP contribution in [-0.4, -0.2) is 41.3 Å².